The molecule has 7 heteroatoms. The minimum atomic E-state index is 0.0416. The van der Waals surface area contributed by atoms with E-state index in [4.69, 9.17) is 0 Å². The largest absolute Gasteiger partial charge is 0.322 e. The van der Waals surface area contributed by atoms with Gasteiger partial charge in [-0.1, -0.05) is 12.8 Å². The van der Waals surface area contributed by atoms with Crippen LogP contribution in [-0.4, -0.2) is 43.7 Å². The summed E-state index contributed by atoms with van der Waals surface area (Å²) in [5.74, 6) is 1.50. The number of nitrogens with one attached hydrogen (secondary N) is 1. The second-order valence-corrected chi connectivity index (χ2v) is 8.13. The van der Waals surface area contributed by atoms with Gasteiger partial charge in [0.15, 0.2) is 5.82 Å². The van der Waals surface area contributed by atoms with E-state index >= 15 is 0 Å². The predicted molar refractivity (Wildman–Crippen MR) is 102 cm³/mol. The standard InChI is InChI=1S/C20H26N6O/c27-20(25-13-3-6-18(25)14-4-1-2-5-14)21-16-9-7-15(8-10-16)19-22-23-24-26(19)17-11-12-17/h7-10,14,17-18H,1-6,11-13H2,(H,21,27). The Bertz CT molecular complexity index is 806. The number of benzene rings is 1. The Morgan fingerprint density at radius 1 is 1.00 bits per heavy atom. The summed E-state index contributed by atoms with van der Waals surface area (Å²) in [6, 6.07) is 8.77. The van der Waals surface area contributed by atoms with Crippen LogP contribution in [-0.2, 0) is 0 Å². The van der Waals surface area contributed by atoms with Crippen molar-refractivity contribution in [2.75, 3.05) is 11.9 Å². The maximum absolute atomic E-state index is 12.8. The number of rotatable bonds is 4. The molecule has 7 nitrogen and oxygen atoms in total. The first-order valence-corrected chi connectivity index (χ1v) is 10.3. The Balaban J connectivity index is 1.26. The van der Waals surface area contributed by atoms with E-state index in [0.717, 1.165) is 49.3 Å². The van der Waals surface area contributed by atoms with Gasteiger partial charge < -0.3 is 10.2 Å². The molecule has 1 unspecified atom stereocenters. The van der Waals surface area contributed by atoms with Crippen molar-refractivity contribution in [3.05, 3.63) is 24.3 Å². The number of hydrogen-bond acceptors (Lipinski definition) is 4. The Hall–Kier alpha value is -2.44. The van der Waals surface area contributed by atoms with Crippen molar-refractivity contribution in [3.8, 4) is 11.4 Å². The first-order valence-electron chi connectivity index (χ1n) is 10.3. The molecule has 1 N–H and O–H groups in total. The fourth-order valence-corrected chi connectivity index (χ4v) is 4.72. The molecule has 1 atom stereocenters. The molecule has 1 aliphatic heterocycles. The van der Waals surface area contributed by atoms with Crippen LogP contribution >= 0.6 is 0 Å². The first kappa shape index (κ1) is 16.7. The van der Waals surface area contributed by atoms with Crippen LogP contribution in [0.5, 0.6) is 0 Å². The van der Waals surface area contributed by atoms with E-state index in [1.165, 1.54) is 25.7 Å². The molecule has 2 aromatic rings. The third kappa shape index (κ3) is 3.31. The monoisotopic (exact) mass is 366 g/mol. The number of tetrazole rings is 1. The maximum atomic E-state index is 12.8. The quantitative estimate of drug-likeness (QED) is 0.891. The van der Waals surface area contributed by atoms with Gasteiger partial charge in [-0.2, -0.15) is 0 Å². The summed E-state index contributed by atoms with van der Waals surface area (Å²) >= 11 is 0. The number of anilines is 1. The van der Waals surface area contributed by atoms with Gasteiger partial charge in [0.25, 0.3) is 0 Å². The van der Waals surface area contributed by atoms with Crippen molar-refractivity contribution in [3.63, 3.8) is 0 Å². The van der Waals surface area contributed by atoms with Crippen LogP contribution in [0.15, 0.2) is 24.3 Å². The van der Waals surface area contributed by atoms with E-state index in [1.807, 2.05) is 28.9 Å². The van der Waals surface area contributed by atoms with Gasteiger partial charge in [0.2, 0.25) is 0 Å². The van der Waals surface area contributed by atoms with Crippen molar-refractivity contribution in [1.82, 2.24) is 25.1 Å². The van der Waals surface area contributed by atoms with Crippen LogP contribution in [0.2, 0.25) is 0 Å². The molecule has 1 aromatic heterocycles. The number of aromatic nitrogens is 4. The molecule has 142 valence electrons. The van der Waals surface area contributed by atoms with Gasteiger partial charge in [0, 0.05) is 23.8 Å². The minimum Gasteiger partial charge on any atom is -0.321 e. The van der Waals surface area contributed by atoms with Crippen LogP contribution in [0.3, 0.4) is 0 Å². The second kappa shape index (κ2) is 6.94. The zero-order chi connectivity index (χ0) is 18.2. The Labute approximate surface area is 159 Å². The fourth-order valence-electron chi connectivity index (χ4n) is 4.72. The van der Waals surface area contributed by atoms with Crippen LogP contribution in [0.1, 0.15) is 57.4 Å². The normalized spacial score (nSPS) is 23.1. The molecule has 2 aliphatic carbocycles. The first-order chi connectivity index (χ1) is 13.3. The van der Waals surface area contributed by atoms with Gasteiger partial charge in [0.05, 0.1) is 6.04 Å². The molecular weight excluding hydrogens is 340 g/mol. The highest BCUT2D eigenvalue weighted by atomic mass is 16.2. The molecule has 2 saturated carbocycles. The summed E-state index contributed by atoms with van der Waals surface area (Å²) < 4.78 is 1.91. The third-order valence-electron chi connectivity index (χ3n) is 6.28. The second-order valence-electron chi connectivity index (χ2n) is 8.13. The lowest BCUT2D eigenvalue weighted by Crippen LogP contribution is -2.41. The number of nitrogens with zero attached hydrogens (tertiary/aromatic N) is 5. The molecule has 0 radical (unpaired) electrons. The fraction of sp³-hybridized carbons (Fsp3) is 0.600. The van der Waals surface area contributed by atoms with Crippen molar-refractivity contribution >= 4 is 11.7 Å². The van der Waals surface area contributed by atoms with E-state index in [0.29, 0.717) is 18.0 Å². The zero-order valence-corrected chi connectivity index (χ0v) is 15.5. The highest BCUT2D eigenvalue weighted by Gasteiger charge is 2.36. The number of urea groups is 1. The lowest BCUT2D eigenvalue weighted by Gasteiger charge is -2.29. The molecule has 5 rings (SSSR count). The minimum absolute atomic E-state index is 0.0416. The summed E-state index contributed by atoms with van der Waals surface area (Å²) in [6.45, 7) is 0.876. The average molecular weight is 366 g/mol. The maximum Gasteiger partial charge on any atom is 0.322 e. The van der Waals surface area contributed by atoms with Gasteiger partial charge >= 0.3 is 6.03 Å². The molecule has 0 bridgehead atoms. The van der Waals surface area contributed by atoms with Crippen LogP contribution in [0.4, 0.5) is 10.5 Å². The number of amides is 2. The number of carbonyl (C=O) groups is 1. The van der Waals surface area contributed by atoms with Gasteiger partial charge in [-0.15, -0.1) is 5.10 Å². The molecule has 2 amide bonds. The van der Waals surface area contributed by atoms with E-state index in [-0.39, 0.29) is 6.03 Å². The molecule has 1 saturated heterocycles. The van der Waals surface area contributed by atoms with Crippen molar-refractivity contribution < 1.29 is 4.79 Å². The van der Waals surface area contributed by atoms with E-state index in [9.17, 15) is 4.79 Å². The van der Waals surface area contributed by atoms with Gasteiger partial charge in [-0.3, -0.25) is 0 Å². The molecule has 1 aromatic carbocycles. The molecule has 3 aliphatic rings. The average Bonchev–Trinajstić information content (AvgIpc) is 3.14. The summed E-state index contributed by atoms with van der Waals surface area (Å²) in [6.07, 6.45) is 9.75. The summed E-state index contributed by atoms with van der Waals surface area (Å²) in [7, 11) is 0. The molecule has 27 heavy (non-hydrogen) atoms. The van der Waals surface area contributed by atoms with Crippen molar-refractivity contribution in [1.29, 1.82) is 0 Å². The molecular formula is C20H26N6O. The summed E-state index contributed by atoms with van der Waals surface area (Å²) in [4.78, 5) is 14.9. The number of carbonyl (C=O) groups excluding carboxylic acids is 1. The number of hydrogen-bond donors (Lipinski definition) is 1. The zero-order valence-electron chi connectivity index (χ0n) is 15.5. The smallest absolute Gasteiger partial charge is 0.321 e. The van der Waals surface area contributed by atoms with Crippen molar-refractivity contribution in [2.45, 2.75) is 63.5 Å². The van der Waals surface area contributed by atoms with E-state index < -0.39 is 0 Å². The topological polar surface area (TPSA) is 75.9 Å². The van der Waals surface area contributed by atoms with Crippen LogP contribution in [0.25, 0.3) is 11.4 Å². The molecule has 2 heterocycles. The molecule has 0 spiro atoms. The van der Waals surface area contributed by atoms with Gasteiger partial charge in [-0.25, -0.2) is 9.48 Å². The third-order valence-corrected chi connectivity index (χ3v) is 6.28. The van der Waals surface area contributed by atoms with Crippen molar-refractivity contribution in [2.24, 2.45) is 5.92 Å². The lowest BCUT2D eigenvalue weighted by molar-refractivity contribution is 0.185. The number of likely N-dealkylation sites (tertiary alicyclic amines) is 1. The predicted octanol–water partition coefficient (Wildman–Crippen LogP) is 3.86. The highest BCUT2D eigenvalue weighted by molar-refractivity contribution is 5.90. The van der Waals surface area contributed by atoms with Gasteiger partial charge in [-0.05, 0) is 79.1 Å². The van der Waals surface area contributed by atoms with Crippen LogP contribution < -0.4 is 5.32 Å². The lowest BCUT2D eigenvalue weighted by atomic mass is 9.96. The summed E-state index contributed by atoms with van der Waals surface area (Å²) in [5.41, 5.74) is 1.81. The summed E-state index contributed by atoms with van der Waals surface area (Å²) in [5, 5.41) is 15.2. The van der Waals surface area contributed by atoms with Gasteiger partial charge in [0.1, 0.15) is 0 Å². The van der Waals surface area contributed by atoms with E-state index in [2.05, 4.69) is 25.7 Å². The molecule has 3 fully saturated rings. The van der Waals surface area contributed by atoms with E-state index in [1.54, 1.807) is 0 Å². The highest BCUT2D eigenvalue weighted by Crippen LogP contribution is 2.37. The Morgan fingerprint density at radius 2 is 1.78 bits per heavy atom. The SMILES string of the molecule is O=C(Nc1ccc(-c2nnnn2C2CC2)cc1)N1CCCC1C1CCCC1. The Kier molecular flexibility index (Phi) is 4.30. The Morgan fingerprint density at radius 3 is 2.52 bits per heavy atom. The van der Waals surface area contributed by atoms with Crippen LogP contribution in [0, 0.1) is 5.92 Å².